The van der Waals surface area contributed by atoms with Crippen molar-refractivity contribution in [1.82, 2.24) is 0 Å². The summed E-state index contributed by atoms with van der Waals surface area (Å²) in [7, 11) is 0. The van der Waals surface area contributed by atoms with E-state index in [9.17, 15) is 4.39 Å². The van der Waals surface area contributed by atoms with E-state index in [1.165, 1.54) is 6.07 Å². The predicted molar refractivity (Wildman–Crippen MR) is 62.0 cm³/mol. The summed E-state index contributed by atoms with van der Waals surface area (Å²) in [6, 6.07) is 3.02. The lowest BCUT2D eigenvalue weighted by Gasteiger charge is -2.15. The molecule has 0 saturated heterocycles. The molecular weight excluding hydrogens is 282 g/mol. The van der Waals surface area contributed by atoms with Gasteiger partial charge in [0.2, 0.25) is 0 Å². The van der Waals surface area contributed by atoms with Gasteiger partial charge in [-0.25, -0.2) is 4.39 Å². The van der Waals surface area contributed by atoms with Crippen LogP contribution in [0.5, 0.6) is 5.75 Å². The second kappa shape index (κ2) is 4.71. The number of rotatable bonds is 2. The Balaban J connectivity index is 2.19. The highest BCUT2D eigenvalue weighted by Crippen LogP contribution is 2.34. The van der Waals surface area contributed by atoms with E-state index >= 15 is 0 Å². The number of ether oxygens (including phenoxy) is 1. The Morgan fingerprint density at radius 3 is 2.60 bits per heavy atom. The van der Waals surface area contributed by atoms with E-state index in [0.717, 1.165) is 25.7 Å². The molecule has 1 fully saturated rings. The van der Waals surface area contributed by atoms with Crippen molar-refractivity contribution in [2.24, 2.45) is 0 Å². The molecule has 15 heavy (non-hydrogen) atoms. The zero-order valence-corrected chi connectivity index (χ0v) is 10.4. The van der Waals surface area contributed by atoms with Gasteiger partial charge in [0.25, 0.3) is 0 Å². The highest BCUT2D eigenvalue weighted by molar-refractivity contribution is 9.10. The van der Waals surface area contributed by atoms with Gasteiger partial charge in [0, 0.05) is 4.47 Å². The second-order valence-electron chi connectivity index (χ2n) is 3.72. The maximum Gasteiger partial charge on any atom is 0.173 e. The topological polar surface area (TPSA) is 9.23 Å². The molecule has 1 aliphatic carbocycles. The largest absolute Gasteiger partial charge is 0.486 e. The van der Waals surface area contributed by atoms with E-state index in [1.807, 2.05) is 0 Å². The minimum atomic E-state index is -0.402. The molecule has 2 rings (SSSR count). The van der Waals surface area contributed by atoms with Crippen molar-refractivity contribution < 1.29 is 9.13 Å². The molecular formula is C11H11BrClFO. The summed E-state index contributed by atoms with van der Waals surface area (Å²) >= 11 is 9.10. The Morgan fingerprint density at radius 2 is 2.00 bits per heavy atom. The molecule has 1 saturated carbocycles. The average Bonchev–Trinajstić information content (AvgIpc) is 2.63. The molecule has 0 atom stereocenters. The third kappa shape index (κ3) is 2.64. The van der Waals surface area contributed by atoms with Gasteiger partial charge in [-0.05, 0) is 37.8 Å². The van der Waals surface area contributed by atoms with Gasteiger partial charge in [-0.3, -0.25) is 0 Å². The van der Waals surface area contributed by atoms with Crippen molar-refractivity contribution in [3.05, 3.63) is 27.4 Å². The Hall–Kier alpha value is -0.280. The molecule has 82 valence electrons. The summed E-state index contributed by atoms with van der Waals surface area (Å²) in [4.78, 5) is 0. The summed E-state index contributed by atoms with van der Waals surface area (Å²) in [6.45, 7) is 0. The highest BCUT2D eigenvalue weighted by Gasteiger charge is 2.20. The molecule has 0 heterocycles. The number of hydrogen-bond donors (Lipinski definition) is 0. The number of benzene rings is 1. The van der Waals surface area contributed by atoms with Crippen LogP contribution < -0.4 is 4.74 Å². The predicted octanol–water partition coefficient (Wildman–Crippen LogP) is 4.56. The molecule has 1 aromatic carbocycles. The first-order chi connectivity index (χ1) is 7.16. The Kier molecular flexibility index (Phi) is 3.52. The van der Waals surface area contributed by atoms with Crippen molar-refractivity contribution in [3.63, 3.8) is 0 Å². The summed E-state index contributed by atoms with van der Waals surface area (Å²) < 4.78 is 19.7. The van der Waals surface area contributed by atoms with Crippen molar-refractivity contribution in [2.45, 2.75) is 31.8 Å². The fraction of sp³-hybridized carbons (Fsp3) is 0.455. The van der Waals surface area contributed by atoms with Crippen LogP contribution in [0.3, 0.4) is 0 Å². The van der Waals surface area contributed by atoms with Gasteiger partial charge in [0.15, 0.2) is 11.6 Å². The van der Waals surface area contributed by atoms with Gasteiger partial charge in [-0.1, -0.05) is 27.5 Å². The molecule has 1 aromatic rings. The lowest BCUT2D eigenvalue weighted by atomic mass is 10.3. The van der Waals surface area contributed by atoms with Gasteiger partial charge in [0.1, 0.15) is 0 Å². The zero-order valence-electron chi connectivity index (χ0n) is 8.10. The quantitative estimate of drug-likeness (QED) is 0.776. The van der Waals surface area contributed by atoms with E-state index in [4.69, 9.17) is 16.3 Å². The van der Waals surface area contributed by atoms with Crippen LogP contribution in [0, 0.1) is 5.82 Å². The summed E-state index contributed by atoms with van der Waals surface area (Å²) in [5.41, 5.74) is 0. The molecule has 0 aromatic heterocycles. The van der Waals surface area contributed by atoms with Gasteiger partial charge in [0.05, 0.1) is 11.1 Å². The number of halogens is 3. The summed E-state index contributed by atoms with van der Waals surface area (Å²) in [5.74, 6) is -0.215. The van der Waals surface area contributed by atoms with Crippen LogP contribution >= 0.6 is 27.5 Å². The third-order valence-electron chi connectivity index (χ3n) is 2.55. The standard InChI is InChI=1S/C11H11BrClFO/c12-7-5-9(13)11(10(14)6-7)15-8-3-1-2-4-8/h5-6,8H,1-4H2. The number of hydrogen-bond acceptors (Lipinski definition) is 1. The van der Waals surface area contributed by atoms with Gasteiger partial charge in [-0.15, -0.1) is 0 Å². The maximum atomic E-state index is 13.5. The van der Waals surface area contributed by atoms with Crippen molar-refractivity contribution >= 4 is 27.5 Å². The molecule has 0 amide bonds. The minimum absolute atomic E-state index is 0.123. The van der Waals surface area contributed by atoms with Crippen LogP contribution in [0.2, 0.25) is 5.02 Å². The van der Waals surface area contributed by atoms with E-state index in [2.05, 4.69) is 15.9 Å². The molecule has 0 aliphatic heterocycles. The summed E-state index contributed by atoms with van der Waals surface area (Å²) in [5, 5.41) is 0.328. The van der Waals surface area contributed by atoms with Crippen molar-refractivity contribution in [2.75, 3.05) is 0 Å². The maximum absolute atomic E-state index is 13.5. The molecule has 0 bridgehead atoms. The monoisotopic (exact) mass is 292 g/mol. The van der Waals surface area contributed by atoms with Gasteiger partial charge >= 0.3 is 0 Å². The van der Waals surface area contributed by atoms with Crippen LogP contribution in [0.4, 0.5) is 4.39 Å². The zero-order chi connectivity index (χ0) is 10.8. The van der Waals surface area contributed by atoms with Crippen molar-refractivity contribution in [1.29, 1.82) is 0 Å². The van der Waals surface area contributed by atoms with Crippen LogP contribution in [0.15, 0.2) is 16.6 Å². The minimum Gasteiger partial charge on any atom is -0.486 e. The van der Waals surface area contributed by atoms with E-state index in [-0.39, 0.29) is 11.9 Å². The smallest absolute Gasteiger partial charge is 0.173 e. The first-order valence-electron chi connectivity index (χ1n) is 4.98. The SMILES string of the molecule is Fc1cc(Br)cc(Cl)c1OC1CCCC1. The van der Waals surface area contributed by atoms with Crippen LogP contribution in [-0.2, 0) is 0 Å². The van der Waals surface area contributed by atoms with E-state index in [1.54, 1.807) is 6.07 Å². The highest BCUT2D eigenvalue weighted by atomic mass is 79.9. The normalized spacial score (nSPS) is 17.0. The molecule has 4 heteroatoms. The molecule has 0 N–H and O–H groups in total. The Bertz CT molecular complexity index is 341. The van der Waals surface area contributed by atoms with E-state index in [0.29, 0.717) is 9.50 Å². The van der Waals surface area contributed by atoms with E-state index < -0.39 is 5.82 Å². The Morgan fingerprint density at radius 1 is 1.33 bits per heavy atom. The first-order valence-corrected chi connectivity index (χ1v) is 6.15. The fourth-order valence-electron chi connectivity index (χ4n) is 1.81. The van der Waals surface area contributed by atoms with Gasteiger partial charge in [-0.2, -0.15) is 0 Å². The van der Waals surface area contributed by atoms with Crippen LogP contribution in [-0.4, -0.2) is 6.10 Å². The lowest BCUT2D eigenvalue weighted by Crippen LogP contribution is -2.12. The molecule has 0 spiro atoms. The van der Waals surface area contributed by atoms with Crippen LogP contribution in [0.25, 0.3) is 0 Å². The first kappa shape index (κ1) is 11.2. The Labute approximate surface area is 102 Å². The summed E-state index contributed by atoms with van der Waals surface area (Å²) in [6.07, 6.45) is 4.41. The molecule has 0 unspecified atom stereocenters. The van der Waals surface area contributed by atoms with Crippen LogP contribution in [0.1, 0.15) is 25.7 Å². The lowest BCUT2D eigenvalue weighted by molar-refractivity contribution is 0.201. The second-order valence-corrected chi connectivity index (χ2v) is 5.05. The third-order valence-corrected chi connectivity index (χ3v) is 3.29. The molecule has 1 aliphatic rings. The molecule has 0 radical (unpaired) electrons. The van der Waals surface area contributed by atoms with Gasteiger partial charge < -0.3 is 4.74 Å². The molecule has 1 nitrogen and oxygen atoms in total. The average molecular weight is 294 g/mol. The fourth-order valence-corrected chi connectivity index (χ4v) is 2.63. The van der Waals surface area contributed by atoms with Crippen molar-refractivity contribution in [3.8, 4) is 5.75 Å².